The summed E-state index contributed by atoms with van der Waals surface area (Å²) in [6.07, 6.45) is 3.16. The summed E-state index contributed by atoms with van der Waals surface area (Å²) in [6, 6.07) is 9.54. The molecule has 108 valence electrons. The van der Waals surface area contributed by atoms with E-state index < -0.39 is 0 Å². The third-order valence-corrected chi connectivity index (χ3v) is 3.93. The molecule has 5 nitrogen and oxygen atoms in total. The first-order chi connectivity index (χ1) is 10.2. The summed E-state index contributed by atoms with van der Waals surface area (Å²) in [5, 5.41) is 18.5. The molecule has 0 aliphatic carbocycles. The predicted octanol–water partition coefficient (Wildman–Crippen LogP) is 1.91. The Kier molecular flexibility index (Phi) is 4.79. The van der Waals surface area contributed by atoms with Crippen molar-refractivity contribution in [1.82, 2.24) is 0 Å². The van der Waals surface area contributed by atoms with E-state index in [4.69, 9.17) is 5.73 Å². The van der Waals surface area contributed by atoms with Crippen LogP contribution in [0.25, 0.3) is 0 Å². The summed E-state index contributed by atoms with van der Waals surface area (Å²) in [7, 11) is 0. The molecule has 0 aromatic heterocycles. The highest BCUT2D eigenvalue weighted by Gasteiger charge is 2.22. The molecule has 1 saturated heterocycles. The Labute approximate surface area is 124 Å². The predicted molar refractivity (Wildman–Crippen MR) is 79.2 cm³/mol. The zero-order valence-electron chi connectivity index (χ0n) is 11.9. The zero-order valence-corrected chi connectivity index (χ0v) is 11.9. The number of para-hydroxylation sites is 1. The molecule has 0 bridgehead atoms. The number of benzene rings is 1. The van der Waals surface area contributed by atoms with Crippen molar-refractivity contribution in [3.05, 3.63) is 29.3 Å². The first-order valence-corrected chi connectivity index (χ1v) is 7.12. The standard InChI is InChI=1S/C16H18N4O/c17-10-13-4-1-5-14(11-18)16(13)20-7-2-3-12(6-8-20)9-15(19)21/h1,4-5,12H,2-3,6-9H2,(H2,19,21). The van der Waals surface area contributed by atoms with Gasteiger partial charge in [0.25, 0.3) is 0 Å². The fourth-order valence-corrected chi connectivity index (χ4v) is 2.94. The molecule has 1 aliphatic heterocycles. The molecule has 1 aromatic carbocycles. The number of nitrogens with zero attached hydrogens (tertiary/aromatic N) is 3. The average molecular weight is 282 g/mol. The van der Waals surface area contributed by atoms with Gasteiger partial charge in [0.1, 0.15) is 12.1 Å². The lowest BCUT2D eigenvalue weighted by molar-refractivity contribution is -0.118. The Balaban J connectivity index is 2.22. The lowest BCUT2D eigenvalue weighted by atomic mass is 9.97. The van der Waals surface area contributed by atoms with E-state index in [2.05, 4.69) is 17.0 Å². The molecule has 2 rings (SSSR count). The van der Waals surface area contributed by atoms with Crippen LogP contribution in [0.1, 0.15) is 36.8 Å². The highest BCUT2D eigenvalue weighted by molar-refractivity contribution is 5.74. The van der Waals surface area contributed by atoms with Crippen molar-refractivity contribution in [3.8, 4) is 12.1 Å². The zero-order chi connectivity index (χ0) is 15.2. The number of nitrogens with two attached hydrogens (primary N) is 1. The number of nitriles is 2. The molecule has 1 unspecified atom stereocenters. The van der Waals surface area contributed by atoms with Gasteiger partial charge >= 0.3 is 0 Å². The van der Waals surface area contributed by atoms with E-state index in [-0.39, 0.29) is 5.91 Å². The number of hydrogen-bond acceptors (Lipinski definition) is 4. The van der Waals surface area contributed by atoms with Gasteiger partial charge in [0.15, 0.2) is 0 Å². The second-order valence-corrected chi connectivity index (χ2v) is 5.38. The second kappa shape index (κ2) is 6.76. The van der Waals surface area contributed by atoms with Gasteiger partial charge < -0.3 is 10.6 Å². The number of anilines is 1. The number of primary amides is 1. The van der Waals surface area contributed by atoms with Crippen LogP contribution in [0, 0.1) is 28.6 Å². The van der Waals surface area contributed by atoms with Crippen molar-refractivity contribution < 1.29 is 4.79 Å². The van der Waals surface area contributed by atoms with E-state index in [1.807, 2.05) is 0 Å². The van der Waals surface area contributed by atoms with Crippen LogP contribution in [0.2, 0.25) is 0 Å². The topological polar surface area (TPSA) is 93.9 Å². The van der Waals surface area contributed by atoms with Crippen LogP contribution >= 0.6 is 0 Å². The minimum atomic E-state index is -0.261. The van der Waals surface area contributed by atoms with Crippen molar-refractivity contribution in [2.24, 2.45) is 11.7 Å². The molecule has 21 heavy (non-hydrogen) atoms. The van der Waals surface area contributed by atoms with Crippen LogP contribution in [-0.4, -0.2) is 19.0 Å². The fourth-order valence-electron chi connectivity index (χ4n) is 2.94. The van der Waals surface area contributed by atoms with Crippen LogP contribution < -0.4 is 10.6 Å². The smallest absolute Gasteiger partial charge is 0.217 e. The number of hydrogen-bond donors (Lipinski definition) is 1. The third-order valence-electron chi connectivity index (χ3n) is 3.93. The van der Waals surface area contributed by atoms with Crippen LogP contribution in [-0.2, 0) is 4.79 Å². The molecular formula is C16H18N4O. The van der Waals surface area contributed by atoms with Gasteiger partial charge in [-0.3, -0.25) is 4.79 Å². The number of carbonyl (C=O) groups excluding carboxylic acids is 1. The van der Waals surface area contributed by atoms with Crippen molar-refractivity contribution in [3.63, 3.8) is 0 Å². The lowest BCUT2D eigenvalue weighted by Crippen LogP contribution is -2.26. The van der Waals surface area contributed by atoms with E-state index in [0.29, 0.717) is 23.5 Å². The van der Waals surface area contributed by atoms with Gasteiger partial charge in [0.2, 0.25) is 5.91 Å². The Morgan fingerprint density at radius 3 is 2.48 bits per heavy atom. The van der Waals surface area contributed by atoms with Crippen molar-refractivity contribution in [2.45, 2.75) is 25.7 Å². The van der Waals surface area contributed by atoms with Crippen LogP contribution in [0.5, 0.6) is 0 Å². The van der Waals surface area contributed by atoms with Crippen molar-refractivity contribution in [1.29, 1.82) is 10.5 Å². The maximum Gasteiger partial charge on any atom is 0.217 e. The van der Waals surface area contributed by atoms with E-state index in [9.17, 15) is 15.3 Å². The molecule has 1 amide bonds. The molecule has 1 fully saturated rings. The van der Waals surface area contributed by atoms with Gasteiger partial charge in [0, 0.05) is 19.5 Å². The van der Waals surface area contributed by atoms with Gasteiger partial charge in [-0.05, 0) is 37.3 Å². The molecule has 2 N–H and O–H groups in total. The summed E-state index contributed by atoms with van der Waals surface area (Å²) >= 11 is 0. The van der Waals surface area contributed by atoms with Crippen molar-refractivity contribution in [2.75, 3.05) is 18.0 Å². The normalized spacial score (nSPS) is 18.4. The van der Waals surface area contributed by atoms with Crippen LogP contribution in [0.4, 0.5) is 5.69 Å². The van der Waals surface area contributed by atoms with Gasteiger partial charge in [-0.1, -0.05) is 6.07 Å². The highest BCUT2D eigenvalue weighted by Crippen LogP contribution is 2.29. The van der Waals surface area contributed by atoms with Crippen LogP contribution in [0.3, 0.4) is 0 Å². The third kappa shape index (κ3) is 3.52. The molecule has 1 aromatic rings. The van der Waals surface area contributed by atoms with E-state index >= 15 is 0 Å². The monoisotopic (exact) mass is 282 g/mol. The SMILES string of the molecule is N#Cc1cccc(C#N)c1N1CCCC(CC(N)=O)CC1. The molecule has 5 heteroatoms. The summed E-state index contributed by atoms with van der Waals surface area (Å²) in [6.45, 7) is 1.54. The minimum Gasteiger partial charge on any atom is -0.370 e. The largest absolute Gasteiger partial charge is 0.370 e. The molecule has 0 radical (unpaired) electrons. The van der Waals surface area contributed by atoms with E-state index in [0.717, 1.165) is 38.0 Å². The Hall–Kier alpha value is -2.53. The molecule has 1 atom stereocenters. The quantitative estimate of drug-likeness (QED) is 0.916. The van der Waals surface area contributed by atoms with Gasteiger partial charge in [-0.15, -0.1) is 0 Å². The van der Waals surface area contributed by atoms with Crippen LogP contribution in [0.15, 0.2) is 18.2 Å². The first-order valence-electron chi connectivity index (χ1n) is 7.12. The Bertz CT molecular complexity index is 579. The fraction of sp³-hybridized carbons (Fsp3) is 0.438. The highest BCUT2D eigenvalue weighted by atomic mass is 16.1. The second-order valence-electron chi connectivity index (χ2n) is 5.38. The lowest BCUT2D eigenvalue weighted by Gasteiger charge is -2.25. The average Bonchev–Trinajstić information content (AvgIpc) is 2.71. The Morgan fingerprint density at radius 1 is 1.24 bits per heavy atom. The summed E-state index contributed by atoms with van der Waals surface area (Å²) < 4.78 is 0. The molecule has 0 saturated carbocycles. The number of rotatable bonds is 3. The molecule has 0 spiro atoms. The minimum absolute atomic E-state index is 0.261. The van der Waals surface area contributed by atoms with Gasteiger partial charge in [-0.2, -0.15) is 10.5 Å². The molecule has 1 aliphatic rings. The maximum atomic E-state index is 11.1. The Morgan fingerprint density at radius 2 is 1.90 bits per heavy atom. The summed E-state index contributed by atoms with van der Waals surface area (Å²) in [4.78, 5) is 13.1. The molecule has 1 heterocycles. The summed E-state index contributed by atoms with van der Waals surface area (Å²) in [5.74, 6) is 0.0378. The first kappa shape index (κ1) is 14.9. The van der Waals surface area contributed by atoms with E-state index in [1.165, 1.54) is 0 Å². The van der Waals surface area contributed by atoms with E-state index in [1.54, 1.807) is 18.2 Å². The van der Waals surface area contributed by atoms with Gasteiger partial charge in [-0.25, -0.2) is 0 Å². The maximum absolute atomic E-state index is 11.1. The van der Waals surface area contributed by atoms with Gasteiger partial charge in [0.05, 0.1) is 16.8 Å². The number of amides is 1. The summed E-state index contributed by atoms with van der Waals surface area (Å²) in [5.41, 5.74) is 7.06. The number of carbonyl (C=O) groups is 1. The van der Waals surface area contributed by atoms with Crippen molar-refractivity contribution >= 4 is 11.6 Å². The molecular weight excluding hydrogens is 264 g/mol.